The third-order valence-corrected chi connectivity index (χ3v) is 4.78. The highest BCUT2D eigenvalue weighted by Crippen LogP contribution is 2.25. The monoisotopic (exact) mass is 289 g/mol. The van der Waals surface area contributed by atoms with Gasteiger partial charge in [0.05, 0.1) is 0 Å². The lowest BCUT2D eigenvalue weighted by atomic mass is 9.88. The van der Waals surface area contributed by atoms with Crippen LogP contribution in [0, 0.1) is 5.41 Å². The maximum atomic E-state index is 12.5. The Morgan fingerprint density at radius 2 is 2.00 bits per heavy atom. The largest absolute Gasteiger partial charge is 0.340 e. The highest BCUT2D eigenvalue weighted by molar-refractivity contribution is 5.82. The van der Waals surface area contributed by atoms with Gasteiger partial charge >= 0.3 is 0 Å². The van der Waals surface area contributed by atoms with E-state index >= 15 is 0 Å². The van der Waals surface area contributed by atoms with Crippen molar-refractivity contribution in [3.05, 3.63) is 30.1 Å². The van der Waals surface area contributed by atoms with Gasteiger partial charge in [0.15, 0.2) is 0 Å². The summed E-state index contributed by atoms with van der Waals surface area (Å²) in [4.78, 5) is 21.1. The van der Waals surface area contributed by atoms with Crippen molar-refractivity contribution in [2.24, 2.45) is 5.41 Å². The van der Waals surface area contributed by atoms with E-state index < -0.39 is 0 Å². The molecule has 0 aromatic carbocycles. The third-order valence-electron chi connectivity index (χ3n) is 4.78. The molecule has 1 fully saturated rings. The average molecular weight is 289 g/mol. The maximum Gasteiger partial charge on any atom is 0.228 e. The topological polar surface area (TPSA) is 36.4 Å². The van der Waals surface area contributed by atoms with E-state index in [1.165, 1.54) is 5.56 Å². The fourth-order valence-electron chi connectivity index (χ4n) is 2.73. The fourth-order valence-corrected chi connectivity index (χ4v) is 2.73. The molecule has 116 valence electrons. The smallest absolute Gasteiger partial charge is 0.228 e. The summed E-state index contributed by atoms with van der Waals surface area (Å²) >= 11 is 0. The Bertz CT molecular complexity index is 464. The molecule has 1 unspecified atom stereocenters. The molecular formula is C17H27N3O. The van der Waals surface area contributed by atoms with Crippen molar-refractivity contribution in [2.45, 2.75) is 40.2 Å². The van der Waals surface area contributed by atoms with Crippen LogP contribution in [-0.4, -0.2) is 46.9 Å². The summed E-state index contributed by atoms with van der Waals surface area (Å²) in [6.45, 7) is 11.9. The molecule has 1 aromatic rings. The Kier molecular flexibility index (Phi) is 4.99. The van der Waals surface area contributed by atoms with Crippen molar-refractivity contribution in [3.63, 3.8) is 0 Å². The minimum absolute atomic E-state index is 0.239. The normalized spacial score (nSPS) is 18.6. The van der Waals surface area contributed by atoms with Gasteiger partial charge in [0, 0.05) is 50.0 Å². The van der Waals surface area contributed by atoms with Crippen LogP contribution in [0.3, 0.4) is 0 Å². The number of hydrogen-bond acceptors (Lipinski definition) is 3. The van der Waals surface area contributed by atoms with Crippen molar-refractivity contribution in [1.29, 1.82) is 0 Å². The molecule has 2 heterocycles. The van der Waals surface area contributed by atoms with E-state index in [-0.39, 0.29) is 5.41 Å². The van der Waals surface area contributed by atoms with Crippen molar-refractivity contribution >= 4 is 5.91 Å². The van der Waals surface area contributed by atoms with Crippen LogP contribution in [0.5, 0.6) is 0 Å². The van der Waals surface area contributed by atoms with Gasteiger partial charge < -0.3 is 4.90 Å². The minimum Gasteiger partial charge on any atom is -0.340 e. The molecule has 21 heavy (non-hydrogen) atoms. The zero-order chi connectivity index (χ0) is 15.5. The van der Waals surface area contributed by atoms with E-state index in [1.807, 2.05) is 31.0 Å². The molecule has 2 rings (SSSR count). The number of aromatic nitrogens is 1. The minimum atomic E-state index is -0.239. The van der Waals surface area contributed by atoms with E-state index in [0.717, 1.165) is 32.6 Å². The molecule has 1 aromatic heterocycles. The fraction of sp³-hybridized carbons (Fsp3) is 0.647. The van der Waals surface area contributed by atoms with Gasteiger partial charge in [0.2, 0.25) is 5.91 Å². The summed E-state index contributed by atoms with van der Waals surface area (Å²) in [7, 11) is 0. The second-order valence-electron chi connectivity index (χ2n) is 6.53. The lowest BCUT2D eigenvalue weighted by Gasteiger charge is -2.40. The van der Waals surface area contributed by atoms with Gasteiger partial charge in [-0.15, -0.1) is 0 Å². The quantitative estimate of drug-likeness (QED) is 0.855. The average Bonchev–Trinajstić information content (AvgIpc) is 2.54. The van der Waals surface area contributed by atoms with Crippen molar-refractivity contribution < 1.29 is 4.79 Å². The molecule has 1 atom stereocenters. The summed E-state index contributed by atoms with van der Waals surface area (Å²) in [6.07, 6.45) is 4.63. The van der Waals surface area contributed by atoms with Gasteiger partial charge in [-0.25, -0.2) is 0 Å². The molecule has 0 spiro atoms. The Labute approximate surface area is 128 Å². The van der Waals surface area contributed by atoms with Gasteiger partial charge in [0.1, 0.15) is 0 Å². The predicted octanol–water partition coefficient (Wildman–Crippen LogP) is 2.72. The summed E-state index contributed by atoms with van der Waals surface area (Å²) in [5.41, 5.74) is 1.00. The van der Waals surface area contributed by atoms with Crippen molar-refractivity contribution in [2.75, 3.05) is 26.2 Å². The predicted molar refractivity (Wildman–Crippen MR) is 84.9 cm³/mol. The molecule has 0 aliphatic carbocycles. The number of piperazine rings is 1. The van der Waals surface area contributed by atoms with E-state index in [9.17, 15) is 4.79 Å². The molecule has 0 N–H and O–H groups in total. The van der Waals surface area contributed by atoms with Crippen molar-refractivity contribution in [1.82, 2.24) is 14.8 Å². The molecule has 1 aliphatic rings. The molecule has 1 aliphatic heterocycles. The number of carbonyl (C=O) groups excluding carboxylic acids is 1. The second kappa shape index (κ2) is 6.56. The number of amides is 1. The lowest BCUT2D eigenvalue weighted by Crippen LogP contribution is -2.52. The summed E-state index contributed by atoms with van der Waals surface area (Å²) in [5.74, 6) is 0.290. The van der Waals surface area contributed by atoms with Gasteiger partial charge in [-0.05, 0) is 25.0 Å². The van der Waals surface area contributed by atoms with Gasteiger partial charge in [-0.2, -0.15) is 0 Å². The van der Waals surface area contributed by atoms with Gasteiger partial charge in [-0.1, -0.05) is 26.8 Å². The second-order valence-corrected chi connectivity index (χ2v) is 6.53. The number of carbonyl (C=O) groups is 1. The summed E-state index contributed by atoms with van der Waals surface area (Å²) < 4.78 is 0. The first-order chi connectivity index (χ1) is 9.95. The van der Waals surface area contributed by atoms with E-state index in [4.69, 9.17) is 0 Å². The number of hydrogen-bond donors (Lipinski definition) is 0. The molecule has 0 bridgehead atoms. The van der Waals surface area contributed by atoms with Crippen LogP contribution in [0.2, 0.25) is 0 Å². The Morgan fingerprint density at radius 3 is 2.52 bits per heavy atom. The Morgan fingerprint density at radius 1 is 1.33 bits per heavy atom. The summed E-state index contributed by atoms with van der Waals surface area (Å²) in [6, 6.07) is 4.46. The first-order valence-electron chi connectivity index (χ1n) is 7.89. The molecule has 0 radical (unpaired) electrons. The van der Waals surface area contributed by atoms with Crippen molar-refractivity contribution in [3.8, 4) is 0 Å². The number of pyridine rings is 1. The highest BCUT2D eigenvalue weighted by Gasteiger charge is 2.32. The number of nitrogens with zero attached hydrogens (tertiary/aromatic N) is 3. The first kappa shape index (κ1) is 16.0. The van der Waals surface area contributed by atoms with Crippen LogP contribution in [0.25, 0.3) is 0 Å². The molecule has 0 saturated carbocycles. The number of rotatable bonds is 4. The Balaban J connectivity index is 1.93. The SMILES string of the molecule is CCC(C)(C)C(=O)N1CCN(C(C)c2cccnc2)CC1. The molecule has 1 saturated heterocycles. The van der Waals surface area contributed by atoms with Crippen LogP contribution < -0.4 is 0 Å². The summed E-state index contributed by atoms with van der Waals surface area (Å²) in [5, 5.41) is 0. The molecule has 1 amide bonds. The third kappa shape index (κ3) is 3.62. The van der Waals surface area contributed by atoms with E-state index in [0.29, 0.717) is 11.9 Å². The van der Waals surface area contributed by atoms with E-state index in [2.05, 4.69) is 29.8 Å². The van der Waals surface area contributed by atoms with Crippen LogP contribution in [0.4, 0.5) is 0 Å². The van der Waals surface area contributed by atoms with E-state index in [1.54, 1.807) is 6.20 Å². The van der Waals surface area contributed by atoms with Crippen LogP contribution in [0.1, 0.15) is 45.7 Å². The molecule has 4 nitrogen and oxygen atoms in total. The highest BCUT2D eigenvalue weighted by atomic mass is 16.2. The van der Waals surface area contributed by atoms with Crippen LogP contribution in [-0.2, 0) is 4.79 Å². The van der Waals surface area contributed by atoms with Gasteiger partial charge in [0.25, 0.3) is 0 Å². The lowest BCUT2D eigenvalue weighted by molar-refractivity contribution is -0.142. The van der Waals surface area contributed by atoms with Gasteiger partial charge in [-0.3, -0.25) is 14.7 Å². The van der Waals surface area contributed by atoms with Crippen LogP contribution in [0.15, 0.2) is 24.5 Å². The molecule has 4 heteroatoms. The zero-order valence-electron chi connectivity index (χ0n) is 13.7. The zero-order valence-corrected chi connectivity index (χ0v) is 13.7. The standard InChI is InChI=1S/C17H27N3O/c1-5-17(3,4)16(21)20-11-9-19(10-12-20)14(2)15-7-6-8-18-13-15/h6-8,13-14H,5,9-12H2,1-4H3. The van der Waals surface area contributed by atoms with Crippen LogP contribution >= 0.6 is 0 Å². The first-order valence-corrected chi connectivity index (χ1v) is 7.89. The molecular weight excluding hydrogens is 262 g/mol. The Hall–Kier alpha value is -1.42. The maximum absolute atomic E-state index is 12.5.